The Morgan fingerprint density at radius 1 is 1.12 bits per heavy atom. The van der Waals surface area contributed by atoms with Crippen LogP contribution in [-0.2, 0) is 5.41 Å². The van der Waals surface area contributed by atoms with E-state index in [0.717, 1.165) is 11.8 Å². The Kier molecular flexibility index (Phi) is 6.02. The van der Waals surface area contributed by atoms with Crippen molar-refractivity contribution in [3.05, 3.63) is 47.3 Å². The first kappa shape index (κ1) is 18.0. The maximum absolute atomic E-state index is 14.0. The van der Waals surface area contributed by atoms with E-state index < -0.39 is 0 Å². The third-order valence-corrected chi connectivity index (χ3v) is 6.91. The van der Waals surface area contributed by atoms with Crippen LogP contribution in [-0.4, -0.2) is 0 Å². The van der Waals surface area contributed by atoms with Crippen LogP contribution < -0.4 is 0 Å². The van der Waals surface area contributed by atoms with Crippen molar-refractivity contribution in [2.75, 3.05) is 0 Å². The zero-order valence-electron chi connectivity index (χ0n) is 14.7. The lowest BCUT2D eigenvalue weighted by molar-refractivity contribution is 0.222. The SMILES string of the molecule is C=CC1CCC(CCC2(c3ccc(Cl)c(F)c3)CCCCC2)CC1. The Morgan fingerprint density at radius 2 is 1.83 bits per heavy atom. The summed E-state index contributed by atoms with van der Waals surface area (Å²) in [5, 5.41) is 0.243. The van der Waals surface area contributed by atoms with Crippen LogP contribution in [0.15, 0.2) is 30.9 Å². The highest BCUT2D eigenvalue weighted by atomic mass is 35.5. The van der Waals surface area contributed by atoms with Gasteiger partial charge in [0.1, 0.15) is 5.82 Å². The minimum absolute atomic E-state index is 0.180. The van der Waals surface area contributed by atoms with Crippen LogP contribution in [0.1, 0.15) is 76.2 Å². The summed E-state index contributed by atoms with van der Waals surface area (Å²) in [6.45, 7) is 3.95. The highest BCUT2D eigenvalue weighted by Crippen LogP contribution is 2.45. The van der Waals surface area contributed by atoms with E-state index in [4.69, 9.17) is 11.6 Å². The molecule has 0 N–H and O–H groups in total. The van der Waals surface area contributed by atoms with Gasteiger partial charge in [-0.25, -0.2) is 4.39 Å². The van der Waals surface area contributed by atoms with E-state index in [0.29, 0.717) is 0 Å². The van der Waals surface area contributed by atoms with Gasteiger partial charge in [0, 0.05) is 0 Å². The molecule has 0 spiro atoms. The minimum Gasteiger partial charge on any atom is -0.205 e. The molecular formula is C22H30ClF. The number of rotatable bonds is 5. The predicted molar refractivity (Wildman–Crippen MR) is 101 cm³/mol. The Morgan fingerprint density at radius 3 is 2.46 bits per heavy atom. The normalized spacial score (nSPS) is 26.9. The quantitative estimate of drug-likeness (QED) is 0.484. The van der Waals surface area contributed by atoms with Gasteiger partial charge in [0.15, 0.2) is 0 Å². The van der Waals surface area contributed by atoms with Gasteiger partial charge in [-0.3, -0.25) is 0 Å². The molecule has 1 aromatic carbocycles. The summed E-state index contributed by atoms with van der Waals surface area (Å²) < 4.78 is 14.0. The van der Waals surface area contributed by atoms with Crippen molar-refractivity contribution < 1.29 is 4.39 Å². The maximum atomic E-state index is 14.0. The minimum atomic E-state index is -0.259. The second kappa shape index (κ2) is 8.04. The van der Waals surface area contributed by atoms with Crippen molar-refractivity contribution >= 4 is 11.6 Å². The summed E-state index contributed by atoms with van der Waals surface area (Å²) in [5.74, 6) is 1.32. The highest BCUT2D eigenvalue weighted by molar-refractivity contribution is 6.30. The van der Waals surface area contributed by atoms with E-state index >= 15 is 0 Å². The first-order valence-corrected chi connectivity index (χ1v) is 10.1. The number of benzene rings is 1. The molecule has 2 aliphatic rings. The van der Waals surface area contributed by atoms with Crippen molar-refractivity contribution in [3.8, 4) is 0 Å². The van der Waals surface area contributed by atoms with E-state index in [1.54, 1.807) is 12.1 Å². The van der Waals surface area contributed by atoms with Gasteiger partial charge in [0.05, 0.1) is 5.02 Å². The van der Waals surface area contributed by atoms with Gasteiger partial charge < -0.3 is 0 Å². The van der Waals surface area contributed by atoms with E-state index in [1.165, 1.54) is 76.2 Å². The molecule has 0 aliphatic heterocycles. The van der Waals surface area contributed by atoms with Crippen molar-refractivity contribution in [1.82, 2.24) is 0 Å². The lowest BCUT2D eigenvalue weighted by Crippen LogP contribution is -2.30. The summed E-state index contributed by atoms with van der Waals surface area (Å²) in [5.41, 5.74) is 1.36. The molecule has 132 valence electrons. The smallest absolute Gasteiger partial charge is 0.142 e. The second-order valence-corrected chi connectivity index (χ2v) is 8.43. The summed E-state index contributed by atoms with van der Waals surface area (Å²) in [6, 6.07) is 5.53. The summed E-state index contributed by atoms with van der Waals surface area (Å²) in [4.78, 5) is 0. The van der Waals surface area contributed by atoms with Crippen LogP contribution in [0.25, 0.3) is 0 Å². The van der Waals surface area contributed by atoms with E-state index in [-0.39, 0.29) is 16.3 Å². The molecule has 2 fully saturated rings. The molecule has 0 unspecified atom stereocenters. The fourth-order valence-electron chi connectivity index (χ4n) is 4.93. The maximum Gasteiger partial charge on any atom is 0.142 e. The van der Waals surface area contributed by atoms with E-state index in [9.17, 15) is 4.39 Å². The summed E-state index contributed by atoms with van der Waals surface area (Å²) in [6.07, 6.45) is 16.2. The molecule has 0 atom stereocenters. The molecule has 24 heavy (non-hydrogen) atoms. The Hall–Kier alpha value is -0.820. The van der Waals surface area contributed by atoms with Gasteiger partial charge in [-0.15, -0.1) is 6.58 Å². The van der Waals surface area contributed by atoms with Crippen LogP contribution in [0.4, 0.5) is 4.39 Å². The lowest BCUT2D eigenvalue weighted by Gasteiger charge is -2.40. The van der Waals surface area contributed by atoms with Gasteiger partial charge in [-0.05, 0) is 86.3 Å². The predicted octanol–water partition coefficient (Wildman–Crippen LogP) is 7.45. The highest BCUT2D eigenvalue weighted by Gasteiger charge is 2.35. The number of hydrogen-bond acceptors (Lipinski definition) is 0. The third-order valence-electron chi connectivity index (χ3n) is 6.60. The molecule has 0 amide bonds. The van der Waals surface area contributed by atoms with Crippen molar-refractivity contribution in [2.24, 2.45) is 11.8 Å². The van der Waals surface area contributed by atoms with Crippen molar-refractivity contribution in [3.63, 3.8) is 0 Å². The molecule has 1 aromatic rings. The van der Waals surface area contributed by atoms with Crippen molar-refractivity contribution in [2.45, 2.75) is 76.0 Å². The molecule has 2 heteroatoms. The Balaban J connectivity index is 1.69. The largest absolute Gasteiger partial charge is 0.205 e. The van der Waals surface area contributed by atoms with Crippen LogP contribution in [0, 0.1) is 17.7 Å². The molecule has 0 saturated heterocycles. The van der Waals surface area contributed by atoms with E-state index in [2.05, 4.69) is 18.7 Å². The molecule has 0 radical (unpaired) electrons. The molecule has 0 heterocycles. The monoisotopic (exact) mass is 348 g/mol. The number of halogens is 2. The average Bonchev–Trinajstić information content (AvgIpc) is 2.63. The standard InChI is InChI=1S/C22H30ClF/c1-2-17-6-8-18(9-7-17)12-15-22(13-4-3-5-14-22)19-10-11-20(23)21(24)16-19/h2,10-11,16-18H,1,3-9,12-15H2. The third kappa shape index (κ3) is 4.04. The fraction of sp³-hybridized carbons (Fsp3) is 0.636. The van der Waals surface area contributed by atoms with Gasteiger partial charge >= 0.3 is 0 Å². The first-order valence-electron chi connectivity index (χ1n) is 9.71. The van der Waals surface area contributed by atoms with Crippen LogP contribution in [0.5, 0.6) is 0 Å². The van der Waals surface area contributed by atoms with Crippen molar-refractivity contribution in [1.29, 1.82) is 0 Å². The van der Waals surface area contributed by atoms with Crippen LogP contribution in [0.3, 0.4) is 0 Å². The zero-order chi connectivity index (χ0) is 17.0. The first-order chi connectivity index (χ1) is 11.6. The number of hydrogen-bond donors (Lipinski definition) is 0. The second-order valence-electron chi connectivity index (χ2n) is 8.03. The average molecular weight is 349 g/mol. The molecule has 3 rings (SSSR count). The molecule has 0 aromatic heterocycles. The summed E-state index contributed by atoms with van der Waals surface area (Å²) >= 11 is 5.91. The van der Waals surface area contributed by atoms with Crippen LogP contribution in [0.2, 0.25) is 5.02 Å². The molecule has 2 aliphatic carbocycles. The number of allylic oxidation sites excluding steroid dienone is 1. The molecular weight excluding hydrogens is 319 g/mol. The van der Waals surface area contributed by atoms with Gasteiger partial charge in [-0.1, -0.05) is 43.0 Å². The van der Waals surface area contributed by atoms with Crippen LogP contribution >= 0.6 is 11.6 Å². The Labute approximate surface area is 151 Å². The molecule has 0 bridgehead atoms. The topological polar surface area (TPSA) is 0 Å². The van der Waals surface area contributed by atoms with Gasteiger partial charge in [0.2, 0.25) is 0 Å². The van der Waals surface area contributed by atoms with Gasteiger partial charge in [0.25, 0.3) is 0 Å². The molecule has 2 saturated carbocycles. The Bertz CT molecular complexity index is 551. The van der Waals surface area contributed by atoms with Gasteiger partial charge in [-0.2, -0.15) is 0 Å². The lowest BCUT2D eigenvalue weighted by atomic mass is 9.65. The fourth-order valence-corrected chi connectivity index (χ4v) is 5.05. The molecule has 0 nitrogen and oxygen atoms in total. The van der Waals surface area contributed by atoms with E-state index in [1.807, 2.05) is 0 Å². The summed E-state index contributed by atoms with van der Waals surface area (Å²) in [7, 11) is 0. The zero-order valence-corrected chi connectivity index (χ0v) is 15.5.